The average Bonchev–Trinajstić information content (AvgIpc) is 2.78. The molecule has 0 radical (unpaired) electrons. The fourth-order valence-electron chi connectivity index (χ4n) is 3.44. The summed E-state index contributed by atoms with van der Waals surface area (Å²) in [4.78, 5) is 28.1. The van der Waals surface area contributed by atoms with Gasteiger partial charge in [0.15, 0.2) is 0 Å². The summed E-state index contributed by atoms with van der Waals surface area (Å²) in [7, 11) is -3.80. The van der Waals surface area contributed by atoms with Gasteiger partial charge in [-0.1, -0.05) is 65.1 Å². The van der Waals surface area contributed by atoms with Crippen molar-refractivity contribution in [3.05, 3.63) is 62.5 Å². The van der Waals surface area contributed by atoms with Gasteiger partial charge in [-0.25, -0.2) is 8.42 Å². The summed E-state index contributed by atoms with van der Waals surface area (Å²) in [6.07, 6.45) is 2.11. The van der Waals surface area contributed by atoms with Gasteiger partial charge < -0.3 is 10.2 Å². The normalized spacial score (nSPS) is 13.1. The van der Waals surface area contributed by atoms with Crippen molar-refractivity contribution < 1.29 is 18.0 Å². The zero-order valence-electron chi connectivity index (χ0n) is 20.1. The number of amides is 2. The van der Waals surface area contributed by atoms with E-state index in [1.807, 2.05) is 13.8 Å². The molecule has 0 aliphatic carbocycles. The van der Waals surface area contributed by atoms with Gasteiger partial charge in [0.25, 0.3) is 0 Å². The Kier molecular flexibility index (Phi) is 10.9. The maximum atomic E-state index is 13.6. The molecule has 2 rings (SSSR count). The van der Waals surface area contributed by atoms with Crippen LogP contribution in [0.2, 0.25) is 10.0 Å². The van der Waals surface area contributed by atoms with Crippen molar-refractivity contribution in [2.75, 3.05) is 17.1 Å². The van der Waals surface area contributed by atoms with E-state index in [0.29, 0.717) is 32.2 Å². The molecule has 192 valence electrons. The lowest BCUT2D eigenvalue weighted by atomic mass is 10.1. The highest BCUT2D eigenvalue weighted by molar-refractivity contribution is 9.10. The highest BCUT2D eigenvalue weighted by Gasteiger charge is 2.32. The molecule has 11 heteroatoms. The summed E-state index contributed by atoms with van der Waals surface area (Å²) in [5.41, 5.74) is 0.998. The van der Waals surface area contributed by atoms with E-state index in [0.717, 1.165) is 17.0 Å². The highest BCUT2D eigenvalue weighted by Crippen LogP contribution is 2.25. The molecule has 0 aromatic heterocycles. The van der Waals surface area contributed by atoms with E-state index in [9.17, 15) is 18.0 Å². The molecule has 2 aromatic rings. The first-order chi connectivity index (χ1) is 16.4. The van der Waals surface area contributed by atoms with Crippen LogP contribution in [-0.4, -0.2) is 50.0 Å². The minimum absolute atomic E-state index is 0.0538. The Morgan fingerprint density at radius 2 is 1.74 bits per heavy atom. The van der Waals surface area contributed by atoms with Crippen LogP contribution in [0.5, 0.6) is 0 Å². The van der Waals surface area contributed by atoms with Gasteiger partial charge in [-0.05, 0) is 55.7 Å². The molecule has 2 aromatic carbocycles. The Hall–Kier alpha value is -1.81. The highest BCUT2D eigenvalue weighted by atomic mass is 79.9. The molecule has 0 fully saturated rings. The van der Waals surface area contributed by atoms with Crippen LogP contribution in [0, 0.1) is 0 Å². The third-order valence-corrected chi connectivity index (χ3v) is 7.87. The second-order valence-corrected chi connectivity index (χ2v) is 11.9. The van der Waals surface area contributed by atoms with Crippen molar-refractivity contribution in [2.24, 2.45) is 0 Å². The number of benzene rings is 2. The number of nitrogens with zero attached hydrogens (tertiary/aromatic N) is 2. The number of rotatable bonds is 11. The molecule has 1 N–H and O–H groups in total. The van der Waals surface area contributed by atoms with Gasteiger partial charge in [-0.2, -0.15) is 0 Å². The first kappa shape index (κ1) is 29.4. The van der Waals surface area contributed by atoms with E-state index in [4.69, 9.17) is 23.2 Å². The van der Waals surface area contributed by atoms with E-state index in [-0.39, 0.29) is 18.5 Å². The number of nitrogens with one attached hydrogen (secondary N) is 1. The summed E-state index contributed by atoms with van der Waals surface area (Å²) in [5.74, 6) is -0.823. The van der Waals surface area contributed by atoms with Crippen molar-refractivity contribution in [1.29, 1.82) is 0 Å². The Morgan fingerprint density at radius 1 is 1.06 bits per heavy atom. The van der Waals surface area contributed by atoms with E-state index in [2.05, 4.69) is 21.2 Å². The quantitative estimate of drug-likeness (QED) is 0.379. The lowest BCUT2D eigenvalue weighted by Crippen LogP contribution is -2.53. The van der Waals surface area contributed by atoms with E-state index < -0.39 is 28.5 Å². The van der Waals surface area contributed by atoms with Crippen LogP contribution in [0.3, 0.4) is 0 Å². The number of anilines is 1. The van der Waals surface area contributed by atoms with Crippen LogP contribution in [0.15, 0.2) is 46.9 Å². The molecule has 2 amide bonds. The predicted octanol–water partition coefficient (Wildman–Crippen LogP) is 5.24. The molecule has 2 atom stereocenters. The molecule has 35 heavy (non-hydrogen) atoms. The van der Waals surface area contributed by atoms with Gasteiger partial charge in [0, 0.05) is 17.1 Å². The summed E-state index contributed by atoms with van der Waals surface area (Å²) < 4.78 is 27.0. The molecule has 0 saturated heterocycles. The largest absolute Gasteiger partial charge is 0.352 e. The van der Waals surface area contributed by atoms with Crippen LogP contribution >= 0.6 is 39.1 Å². The molecule has 0 aliphatic rings. The smallest absolute Gasteiger partial charge is 0.244 e. The topological polar surface area (TPSA) is 86.8 Å². The Morgan fingerprint density at radius 3 is 2.29 bits per heavy atom. The fourth-order valence-corrected chi connectivity index (χ4v) is 4.99. The van der Waals surface area contributed by atoms with Gasteiger partial charge >= 0.3 is 0 Å². The first-order valence-electron chi connectivity index (χ1n) is 11.1. The molecule has 0 aliphatic heterocycles. The molecular formula is C24H30BrCl2N3O4S. The molecule has 0 heterocycles. The summed E-state index contributed by atoms with van der Waals surface area (Å²) >= 11 is 15.6. The minimum Gasteiger partial charge on any atom is -0.352 e. The summed E-state index contributed by atoms with van der Waals surface area (Å²) in [6, 6.07) is 10.7. The summed E-state index contributed by atoms with van der Waals surface area (Å²) in [5, 5.41) is 3.62. The number of carbonyl (C=O) groups is 2. The molecule has 0 spiro atoms. The molecule has 0 bridgehead atoms. The van der Waals surface area contributed by atoms with E-state index >= 15 is 0 Å². The van der Waals surface area contributed by atoms with Gasteiger partial charge in [-0.3, -0.25) is 13.9 Å². The molecular weight excluding hydrogens is 577 g/mol. The third-order valence-electron chi connectivity index (χ3n) is 5.50. The second kappa shape index (κ2) is 12.9. The van der Waals surface area contributed by atoms with Crippen molar-refractivity contribution in [3.63, 3.8) is 0 Å². The average molecular weight is 607 g/mol. The van der Waals surface area contributed by atoms with Crippen LogP contribution in [-0.2, 0) is 26.2 Å². The van der Waals surface area contributed by atoms with Crippen molar-refractivity contribution in [2.45, 2.75) is 52.2 Å². The lowest BCUT2D eigenvalue weighted by Gasteiger charge is -2.33. The lowest BCUT2D eigenvalue weighted by molar-refractivity contribution is -0.140. The van der Waals surface area contributed by atoms with Gasteiger partial charge in [0.1, 0.15) is 12.6 Å². The van der Waals surface area contributed by atoms with Crippen LogP contribution in [0.1, 0.15) is 39.2 Å². The Labute approximate surface area is 225 Å². The zero-order valence-corrected chi connectivity index (χ0v) is 24.0. The van der Waals surface area contributed by atoms with Crippen molar-refractivity contribution in [1.82, 2.24) is 10.2 Å². The van der Waals surface area contributed by atoms with E-state index in [1.165, 1.54) is 4.90 Å². The molecule has 7 nitrogen and oxygen atoms in total. The van der Waals surface area contributed by atoms with E-state index in [1.54, 1.807) is 49.4 Å². The third kappa shape index (κ3) is 8.37. The number of sulfonamides is 1. The number of halogens is 3. The minimum atomic E-state index is -3.80. The number of hydrogen-bond acceptors (Lipinski definition) is 4. The second-order valence-electron chi connectivity index (χ2n) is 8.26. The monoisotopic (exact) mass is 605 g/mol. The SMILES string of the molecule is CC[C@H](C)NC(=O)[C@H](CC)N(Cc1ccc(Cl)c(Cl)c1)C(=O)CN(c1cccc(Br)c1)S(C)(=O)=O. The first-order valence-corrected chi connectivity index (χ1v) is 14.5. The van der Waals surface area contributed by atoms with Crippen molar-refractivity contribution in [3.8, 4) is 0 Å². The van der Waals surface area contributed by atoms with Crippen LogP contribution in [0.25, 0.3) is 0 Å². The zero-order chi connectivity index (χ0) is 26.3. The molecule has 0 saturated carbocycles. The van der Waals surface area contributed by atoms with Gasteiger partial charge in [0.2, 0.25) is 21.8 Å². The maximum Gasteiger partial charge on any atom is 0.244 e. The fraction of sp³-hybridized carbons (Fsp3) is 0.417. The standard InChI is InChI=1S/C24H30BrCl2N3O4S/c1-5-16(3)28-24(32)22(6-2)29(14-17-10-11-20(26)21(27)12-17)23(31)15-30(35(4,33)34)19-9-7-8-18(25)13-19/h7-13,16,22H,5-6,14-15H2,1-4H3,(H,28,32)/t16-,22-/m0/s1. The Bertz CT molecular complexity index is 1160. The van der Waals surface area contributed by atoms with Crippen LogP contribution < -0.4 is 9.62 Å². The van der Waals surface area contributed by atoms with Crippen molar-refractivity contribution >= 4 is 66.7 Å². The Balaban J connectivity index is 2.46. The van der Waals surface area contributed by atoms with Gasteiger partial charge in [0.05, 0.1) is 22.0 Å². The van der Waals surface area contributed by atoms with Gasteiger partial charge in [-0.15, -0.1) is 0 Å². The number of carbonyl (C=O) groups excluding carboxylic acids is 2. The molecule has 0 unspecified atom stereocenters. The van der Waals surface area contributed by atoms with Crippen LogP contribution in [0.4, 0.5) is 5.69 Å². The summed E-state index contributed by atoms with van der Waals surface area (Å²) in [6.45, 7) is 5.22. The maximum absolute atomic E-state index is 13.6. The number of hydrogen-bond donors (Lipinski definition) is 1. The predicted molar refractivity (Wildman–Crippen MR) is 145 cm³/mol.